The Morgan fingerprint density at radius 1 is 0.444 bits per heavy atom. The van der Waals surface area contributed by atoms with Crippen LogP contribution in [-0.4, -0.2) is 28.9 Å². The SMILES string of the molecule is C.C.O=C(Cc1ccc(CCc2ccc3c(c2)C(=O)c2ccccc2C3=O)c2c1C(=O)c1ccccc1C2=O)c1ccccc1. The third kappa shape index (κ3) is 5.17. The van der Waals surface area contributed by atoms with Crippen molar-refractivity contribution in [2.24, 2.45) is 0 Å². The minimum absolute atomic E-state index is 0. The van der Waals surface area contributed by atoms with Gasteiger partial charge in [-0.2, -0.15) is 0 Å². The number of Topliss-reactive ketones (excluding diaryl/α,β-unsaturated/α-hetero) is 1. The van der Waals surface area contributed by atoms with Crippen LogP contribution in [0.3, 0.4) is 0 Å². The first kappa shape index (κ1) is 30.9. The first-order chi connectivity index (χ1) is 20.9. The third-order valence-electron chi connectivity index (χ3n) is 8.37. The van der Waals surface area contributed by atoms with E-state index in [4.69, 9.17) is 0 Å². The summed E-state index contributed by atoms with van der Waals surface area (Å²) in [6.45, 7) is 0. The molecule has 0 spiro atoms. The molecular weight excluding hydrogens is 560 g/mol. The van der Waals surface area contributed by atoms with Gasteiger partial charge in [0.15, 0.2) is 28.9 Å². The first-order valence-electron chi connectivity index (χ1n) is 14.1. The number of hydrogen-bond donors (Lipinski definition) is 0. The highest BCUT2D eigenvalue weighted by molar-refractivity contribution is 6.30. The smallest absolute Gasteiger partial charge is 0.194 e. The molecule has 0 amide bonds. The van der Waals surface area contributed by atoms with Gasteiger partial charge in [0.05, 0.1) is 0 Å². The summed E-state index contributed by atoms with van der Waals surface area (Å²) in [5.41, 5.74) is 5.48. The van der Waals surface area contributed by atoms with Crippen LogP contribution in [0, 0.1) is 0 Å². The zero-order chi connectivity index (χ0) is 29.7. The number of hydrogen-bond acceptors (Lipinski definition) is 5. The lowest BCUT2D eigenvalue weighted by Gasteiger charge is -2.23. The summed E-state index contributed by atoms with van der Waals surface area (Å²) in [7, 11) is 0. The third-order valence-corrected chi connectivity index (χ3v) is 8.37. The summed E-state index contributed by atoms with van der Waals surface area (Å²) >= 11 is 0. The van der Waals surface area contributed by atoms with E-state index in [0.29, 0.717) is 68.5 Å². The summed E-state index contributed by atoms with van der Waals surface area (Å²) < 4.78 is 0. The molecule has 0 N–H and O–H groups in total. The average Bonchev–Trinajstić information content (AvgIpc) is 3.05. The molecule has 0 bridgehead atoms. The van der Waals surface area contributed by atoms with Crippen molar-refractivity contribution in [3.63, 3.8) is 0 Å². The van der Waals surface area contributed by atoms with Gasteiger partial charge in [-0.15, -0.1) is 0 Å². The molecule has 0 saturated heterocycles. The van der Waals surface area contributed by atoms with E-state index >= 15 is 0 Å². The monoisotopic (exact) mass is 592 g/mol. The molecule has 2 aliphatic carbocycles. The quantitative estimate of drug-likeness (QED) is 0.185. The lowest BCUT2D eigenvalue weighted by molar-refractivity contribution is 0.0971. The molecule has 0 heterocycles. The van der Waals surface area contributed by atoms with Crippen molar-refractivity contribution in [3.8, 4) is 0 Å². The lowest BCUT2D eigenvalue weighted by atomic mass is 9.77. The molecule has 0 fully saturated rings. The van der Waals surface area contributed by atoms with E-state index < -0.39 is 0 Å². The number of carbonyl (C=O) groups is 5. The van der Waals surface area contributed by atoms with Crippen LogP contribution in [-0.2, 0) is 19.3 Å². The van der Waals surface area contributed by atoms with Crippen LogP contribution in [0.2, 0.25) is 0 Å². The van der Waals surface area contributed by atoms with Crippen molar-refractivity contribution in [1.82, 2.24) is 0 Å². The molecule has 0 atom stereocenters. The van der Waals surface area contributed by atoms with E-state index in [9.17, 15) is 24.0 Å². The Morgan fingerprint density at radius 2 is 0.911 bits per heavy atom. The summed E-state index contributed by atoms with van der Waals surface area (Å²) in [4.78, 5) is 67.1. The van der Waals surface area contributed by atoms with Crippen molar-refractivity contribution >= 4 is 28.9 Å². The van der Waals surface area contributed by atoms with E-state index in [0.717, 1.165) is 5.56 Å². The Labute approximate surface area is 262 Å². The molecular formula is C40H32O5. The topological polar surface area (TPSA) is 85.3 Å². The Balaban J connectivity index is 0.00000200. The van der Waals surface area contributed by atoms with Crippen LogP contribution in [0.25, 0.3) is 0 Å². The molecule has 5 nitrogen and oxygen atoms in total. The van der Waals surface area contributed by atoms with Crippen molar-refractivity contribution in [2.45, 2.75) is 34.1 Å². The van der Waals surface area contributed by atoms with Gasteiger partial charge < -0.3 is 0 Å². The fourth-order valence-electron chi connectivity index (χ4n) is 6.19. The predicted molar refractivity (Wildman–Crippen MR) is 175 cm³/mol. The van der Waals surface area contributed by atoms with Gasteiger partial charge >= 0.3 is 0 Å². The van der Waals surface area contributed by atoms with E-state index in [2.05, 4.69) is 0 Å². The van der Waals surface area contributed by atoms with Crippen LogP contribution in [0.1, 0.15) is 106 Å². The molecule has 0 radical (unpaired) electrons. The second-order valence-corrected chi connectivity index (χ2v) is 10.9. The molecule has 0 unspecified atom stereocenters. The van der Waals surface area contributed by atoms with E-state index in [1.165, 1.54) is 0 Å². The largest absolute Gasteiger partial charge is 0.294 e. The van der Waals surface area contributed by atoms with E-state index in [1.54, 1.807) is 91.0 Å². The molecule has 45 heavy (non-hydrogen) atoms. The van der Waals surface area contributed by atoms with E-state index in [1.807, 2.05) is 18.2 Å². The Kier molecular flexibility index (Phi) is 8.38. The molecule has 0 saturated carbocycles. The summed E-state index contributed by atoms with van der Waals surface area (Å²) in [6, 6.07) is 31.4. The summed E-state index contributed by atoms with van der Waals surface area (Å²) in [5, 5.41) is 0. The number of ketones is 5. The molecule has 5 heteroatoms. The number of carbonyl (C=O) groups excluding carboxylic acids is 5. The highest BCUT2D eigenvalue weighted by atomic mass is 16.1. The Bertz CT molecular complexity index is 2030. The minimum atomic E-state index is -0.264. The van der Waals surface area contributed by atoms with Crippen LogP contribution >= 0.6 is 0 Å². The van der Waals surface area contributed by atoms with Crippen molar-refractivity contribution < 1.29 is 24.0 Å². The van der Waals surface area contributed by atoms with Crippen molar-refractivity contribution in [1.29, 1.82) is 0 Å². The number of benzene rings is 5. The standard InChI is InChI=1S/C38H24O5.2CH4/c39-32(23-8-2-1-3-9-23)21-25-18-17-24(33-34(25)38(43)29-13-7-6-12-28(29)37(33)42)16-14-22-15-19-30-31(20-22)36(41)27-11-5-4-10-26(27)35(30)40;;/h1-13,15,17-20H,14,16,21H2;2*1H4. The van der Waals surface area contributed by atoms with Crippen LogP contribution in [0.15, 0.2) is 109 Å². The highest BCUT2D eigenvalue weighted by Gasteiger charge is 2.34. The maximum absolute atomic E-state index is 13.9. The second kappa shape index (κ2) is 12.2. The van der Waals surface area contributed by atoms with Gasteiger partial charge in [0, 0.05) is 56.5 Å². The highest BCUT2D eigenvalue weighted by Crippen LogP contribution is 2.34. The molecule has 0 aromatic heterocycles. The zero-order valence-electron chi connectivity index (χ0n) is 23.1. The minimum Gasteiger partial charge on any atom is -0.294 e. The summed E-state index contributed by atoms with van der Waals surface area (Å²) in [6.07, 6.45) is 0.901. The van der Waals surface area contributed by atoms with Gasteiger partial charge in [-0.3, -0.25) is 24.0 Å². The normalized spacial score (nSPS) is 12.6. The maximum atomic E-state index is 13.9. The van der Waals surface area contributed by atoms with Crippen molar-refractivity contribution in [2.75, 3.05) is 0 Å². The molecule has 7 rings (SSSR count). The van der Waals surface area contributed by atoms with Crippen LogP contribution < -0.4 is 0 Å². The molecule has 0 aliphatic heterocycles. The molecule has 2 aliphatic rings. The molecule has 5 aromatic rings. The Morgan fingerprint density at radius 3 is 1.51 bits per heavy atom. The fourth-order valence-corrected chi connectivity index (χ4v) is 6.19. The molecule has 5 aromatic carbocycles. The lowest BCUT2D eigenvalue weighted by Crippen LogP contribution is -2.25. The van der Waals surface area contributed by atoms with Gasteiger partial charge in [-0.25, -0.2) is 0 Å². The van der Waals surface area contributed by atoms with Gasteiger partial charge in [-0.1, -0.05) is 118 Å². The second-order valence-electron chi connectivity index (χ2n) is 10.9. The number of rotatable bonds is 6. The zero-order valence-corrected chi connectivity index (χ0v) is 23.1. The van der Waals surface area contributed by atoms with Gasteiger partial charge in [0.25, 0.3) is 0 Å². The number of fused-ring (bicyclic) bond motifs is 4. The molecule has 222 valence electrons. The van der Waals surface area contributed by atoms with Gasteiger partial charge in [0.2, 0.25) is 0 Å². The number of aryl methyl sites for hydroxylation is 2. The van der Waals surface area contributed by atoms with Crippen LogP contribution in [0.4, 0.5) is 0 Å². The van der Waals surface area contributed by atoms with Gasteiger partial charge in [0.1, 0.15) is 0 Å². The Hall–Kier alpha value is -5.55. The predicted octanol–water partition coefficient (Wildman–Crippen LogP) is 7.72. The average molecular weight is 593 g/mol. The summed E-state index contributed by atoms with van der Waals surface area (Å²) in [5.74, 6) is -0.996. The van der Waals surface area contributed by atoms with Crippen molar-refractivity contribution in [3.05, 3.63) is 176 Å². The maximum Gasteiger partial charge on any atom is 0.194 e. The fraction of sp³-hybridized carbons (Fsp3) is 0.125. The van der Waals surface area contributed by atoms with Crippen LogP contribution in [0.5, 0.6) is 0 Å². The van der Waals surface area contributed by atoms with Gasteiger partial charge in [-0.05, 0) is 35.6 Å². The van der Waals surface area contributed by atoms with E-state index in [-0.39, 0.29) is 55.8 Å². The first-order valence-corrected chi connectivity index (χ1v) is 14.1.